The van der Waals surface area contributed by atoms with E-state index in [0.29, 0.717) is 0 Å². The van der Waals surface area contributed by atoms with Gasteiger partial charge in [0.25, 0.3) is 0 Å². The van der Waals surface area contributed by atoms with Crippen LogP contribution in [0.4, 0.5) is 5.69 Å². The summed E-state index contributed by atoms with van der Waals surface area (Å²) in [6, 6.07) is 10.7. The molecule has 0 unspecified atom stereocenters. The van der Waals surface area contributed by atoms with Gasteiger partial charge in [0, 0.05) is 18.8 Å². The highest BCUT2D eigenvalue weighted by atomic mass is 15.1. The van der Waals surface area contributed by atoms with E-state index in [0.717, 1.165) is 0 Å². The number of nitrogens with zero attached hydrogens (tertiary/aromatic N) is 1. The van der Waals surface area contributed by atoms with Gasteiger partial charge in [0.15, 0.2) is 0 Å². The molecule has 1 aliphatic heterocycles. The van der Waals surface area contributed by atoms with Crippen LogP contribution >= 0.6 is 0 Å². The van der Waals surface area contributed by atoms with Crippen LogP contribution in [0.25, 0.3) is 0 Å². The Morgan fingerprint density at radius 2 is 1.00 bits per heavy atom. The van der Waals surface area contributed by atoms with Gasteiger partial charge in [0.2, 0.25) is 0 Å². The zero-order chi connectivity index (χ0) is 12.5. The fourth-order valence-electron chi connectivity index (χ4n) is 2.85. The van der Waals surface area contributed by atoms with Crippen molar-refractivity contribution in [2.24, 2.45) is 0 Å². The summed E-state index contributed by atoms with van der Waals surface area (Å²) in [6.07, 6.45) is 13.1. The SMILES string of the molecule is C1CCCCC1.c1ccc(N2CCCCC2)cc1. The average molecular weight is 245 g/mol. The van der Waals surface area contributed by atoms with E-state index >= 15 is 0 Å². The first kappa shape index (κ1) is 13.5. The molecule has 1 nitrogen and oxygen atoms in total. The van der Waals surface area contributed by atoms with Crippen molar-refractivity contribution in [3.05, 3.63) is 30.3 Å². The molecule has 0 spiro atoms. The molecule has 2 aliphatic rings. The second kappa shape index (κ2) is 8.18. The molecular weight excluding hydrogens is 218 g/mol. The summed E-state index contributed by atoms with van der Waals surface area (Å²) in [4.78, 5) is 2.48. The van der Waals surface area contributed by atoms with Crippen molar-refractivity contribution in [3.8, 4) is 0 Å². The summed E-state index contributed by atoms with van der Waals surface area (Å²) < 4.78 is 0. The van der Waals surface area contributed by atoms with Gasteiger partial charge >= 0.3 is 0 Å². The molecule has 100 valence electrons. The Bertz CT molecular complexity index is 285. The zero-order valence-electron chi connectivity index (χ0n) is 11.6. The molecule has 0 N–H and O–H groups in total. The van der Waals surface area contributed by atoms with Crippen LogP contribution in [-0.2, 0) is 0 Å². The minimum absolute atomic E-state index is 1.24. The van der Waals surface area contributed by atoms with Crippen molar-refractivity contribution in [2.45, 2.75) is 57.8 Å². The first-order valence-electron chi connectivity index (χ1n) is 7.77. The van der Waals surface area contributed by atoms with E-state index in [4.69, 9.17) is 0 Å². The van der Waals surface area contributed by atoms with Gasteiger partial charge in [0.1, 0.15) is 0 Å². The van der Waals surface area contributed by atoms with Crippen LogP contribution in [0.5, 0.6) is 0 Å². The number of anilines is 1. The van der Waals surface area contributed by atoms with Crippen LogP contribution in [0.3, 0.4) is 0 Å². The maximum absolute atomic E-state index is 2.48. The Kier molecular flexibility index (Phi) is 6.11. The molecule has 18 heavy (non-hydrogen) atoms. The molecule has 1 heteroatoms. The molecule has 0 aromatic heterocycles. The molecule has 0 atom stereocenters. The predicted octanol–water partition coefficient (Wildman–Crippen LogP) is 5.02. The van der Waals surface area contributed by atoms with Gasteiger partial charge in [-0.3, -0.25) is 0 Å². The van der Waals surface area contributed by atoms with Gasteiger partial charge in [0.05, 0.1) is 0 Å². The van der Waals surface area contributed by atoms with Crippen molar-refractivity contribution < 1.29 is 0 Å². The fraction of sp³-hybridized carbons (Fsp3) is 0.647. The van der Waals surface area contributed by atoms with Gasteiger partial charge in [-0.15, -0.1) is 0 Å². The maximum atomic E-state index is 2.48. The molecule has 3 rings (SSSR count). The molecule has 1 saturated carbocycles. The van der Waals surface area contributed by atoms with E-state index in [-0.39, 0.29) is 0 Å². The standard InChI is InChI=1S/C11H15N.C6H12/c1-3-7-11(8-4-1)12-9-5-2-6-10-12;1-2-4-6-5-3-1/h1,3-4,7-8H,2,5-6,9-10H2;1-6H2. The lowest BCUT2D eigenvalue weighted by atomic mass is 10.0. The minimum atomic E-state index is 1.24. The Morgan fingerprint density at radius 3 is 1.50 bits per heavy atom. The number of piperidine rings is 1. The molecule has 0 bridgehead atoms. The van der Waals surface area contributed by atoms with E-state index in [1.54, 1.807) is 0 Å². The molecule has 2 fully saturated rings. The van der Waals surface area contributed by atoms with Crippen LogP contribution in [0, 0.1) is 0 Å². The highest BCUT2D eigenvalue weighted by Crippen LogP contribution is 2.18. The molecule has 1 aromatic carbocycles. The summed E-state index contributed by atoms with van der Waals surface area (Å²) in [5, 5.41) is 0. The smallest absolute Gasteiger partial charge is 0.0366 e. The largest absolute Gasteiger partial charge is 0.372 e. The molecular formula is C17H27N. The van der Waals surface area contributed by atoms with Crippen LogP contribution in [0.1, 0.15) is 57.8 Å². The predicted molar refractivity (Wildman–Crippen MR) is 80.2 cm³/mol. The van der Waals surface area contributed by atoms with Gasteiger partial charge in [-0.05, 0) is 31.4 Å². The molecule has 1 heterocycles. The number of benzene rings is 1. The lowest BCUT2D eigenvalue weighted by Gasteiger charge is -2.28. The Hall–Kier alpha value is -0.980. The zero-order valence-corrected chi connectivity index (χ0v) is 11.6. The normalized spacial score (nSPS) is 19.9. The van der Waals surface area contributed by atoms with Crippen molar-refractivity contribution in [1.82, 2.24) is 0 Å². The third-order valence-electron chi connectivity index (χ3n) is 3.98. The number of rotatable bonds is 1. The molecule has 1 saturated heterocycles. The molecule has 1 aromatic rings. The monoisotopic (exact) mass is 245 g/mol. The summed E-state index contributed by atoms with van der Waals surface area (Å²) >= 11 is 0. The van der Waals surface area contributed by atoms with Crippen LogP contribution in [-0.4, -0.2) is 13.1 Å². The maximum Gasteiger partial charge on any atom is 0.0366 e. The molecule has 0 radical (unpaired) electrons. The quantitative estimate of drug-likeness (QED) is 0.671. The Balaban J connectivity index is 0.000000169. The summed E-state index contributed by atoms with van der Waals surface area (Å²) in [5.41, 5.74) is 1.39. The topological polar surface area (TPSA) is 3.24 Å². The Labute approximate surface area is 112 Å². The first-order chi connectivity index (χ1) is 8.97. The minimum Gasteiger partial charge on any atom is -0.372 e. The molecule has 1 aliphatic carbocycles. The molecule has 0 amide bonds. The van der Waals surface area contributed by atoms with Gasteiger partial charge in [-0.1, -0.05) is 56.7 Å². The van der Waals surface area contributed by atoms with E-state index in [2.05, 4.69) is 35.2 Å². The Morgan fingerprint density at radius 1 is 0.556 bits per heavy atom. The fourth-order valence-corrected chi connectivity index (χ4v) is 2.85. The van der Waals surface area contributed by atoms with Crippen molar-refractivity contribution in [3.63, 3.8) is 0 Å². The van der Waals surface area contributed by atoms with E-state index in [1.807, 2.05) is 0 Å². The summed E-state index contributed by atoms with van der Waals surface area (Å²) in [6.45, 7) is 2.48. The summed E-state index contributed by atoms with van der Waals surface area (Å²) in [5.74, 6) is 0. The second-order valence-electron chi connectivity index (χ2n) is 5.50. The average Bonchev–Trinajstić information content (AvgIpc) is 2.51. The second-order valence-corrected chi connectivity index (χ2v) is 5.50. The van der Waals surface area contributed by atoms with Crippen molar-refractivity contribution in [2.75, 3.05) is 18.0 Å². The van der Waals surface area contributed by atoms with Gasteiger partial charge in [-0.2, -0.15) is 0 Å². The number of hydrogen-bond acceptors (Lipinski definition) is 1. The van der Waals surface area contributed by atoms with E-state index in [9.17, 15) is 0 Å². The van der Waals surface area contributed by atoms with Crippen LogP contribution in [0.15, 0.2) is 30.3 Å². The van der Waals surface area contributed by atoms with Gasteiger partial charge < -0.3 is 4.90 Å². The van der Waals surface area contributed by atoms with Crippen molar-refractivity contribution >= 4 is 5.69 Å². The van der Waals surface area contributed by atoms with Crippen molar-refractivity contribution in [1.29, 1.82) is 0 Å². The number of hydrogen-bond donors (Lipinski definition) is 0. The third-order valence-corrected chi connectivity index (χ3v) is 3.98. The highest BCUT2D eigenvalue weighted by Gasteiger charge is 2.09. The first-order valence-corrected chi connectivity index (χ1v) is 7.77. The number of para-hydroxylation sites is 1. The summed E-state index contributed by atoms with van der Waals surface area (Å²) in [7, 11) is 0. The van der Waals surface area contributed by atoms with E-state index < -0.39 is 0 Å². The van der Waals surface area contributed by atoms with Crippen LogP contribution in [0.2, 0.25) is 0 Å². The lowest BCUT2D eigenvalue weighted by Crippen LogP contribution is -2.29. The third kappa shape index (κ3) is 4.72. The van der Waals surface area contributed by atoms with E-state index in [1.165, 1.54) is 76.6 Å². The highest BCUT2D eigenvalue weighted by molar-refractivity contribution is 5.46. The van der Waals surface area contributed by atoms with Gasteiger partial charge in [-0.25, -0.2) is 0 Å². The van der Waals surface area contributed by atoms with Crippen LogP contribution < -0.4 is 4.90 Å². The lowest BCUT2D eigenvalue weighted by molar-refractivity contribution is 0.504.